The second kappa shape index (κ2) is 6.02. The van der Waals surface area contributed by atoms with Gasteiger partial charge in [-0.25, -0.2) is 0 Å². The summed E-state index contributed by atoms with van der Waals surface area (Å²) in [6.07, 6.45) is 0. The third-order valence-electron chi connectivity index (χ3n) is 4.45. The Hall–Kier alpha value is -1.79. The van der Waals surface area contributed by atoms with Crippen LogP contribution in [-0.2, 0) is 0 Å². The van der Waals surface area contributed by atoms with Gasteiger partial charge in [0.1, 0.15) is 11.4 Å². The van der Waals surface area contributed by atoms with Crippen LogP contribution in [0.5, 0.6) is 5.75 Å². The van der Waals surface area contributed by atoms with Gasteiger partial charge in [0.25, 0.3) is 0 Å². The fourth-order valence-electron chi connectivity index (χ4n) is 3.29. The summed E-state index contributed by atoms with van der Waals surface area (Å²) in [5, 5.41) is 7.20. The van der Waals surface area contributed by atoms with Gasteiger partial charge in [-0.15, -0.1) is 0 Å². The van der Waals surface area contributed by atoms with Crippen LogP contribution in [-0.4, -0.2) is 19.1 Å². The van der Waals surface area contributed by atoms with Crippen LogP contribution >= 0.6 is 0 Å². The summed E-state index contributed by atoms with van der Waals surface area (Å²) in [5.41, 5.74) is 4.89. The van der Waals surface area contributed by atoms with Gasteiger partial charge in [0.05, 0.1) is 19.7 Å². The van der Waals surface area contributed by atoms with E-state index < -0.39 is 0 Å². The van der Waals surface area contributed by atoms with Crippen molar-refractivity contribution in [2.75, 3.05) is 14.2 Å². The fourth-order valence-corrected chi connectivity index (χ4v) is 3.29. The number of aromatic nitrogens is 1. The number of hydrogen-bond donors (Lipinski definition) is 2. The third kappa shape index (κ3) is 2.46. The van der Waals surface area contributed by atoms with Crippen molar-refractivity contribution in [3.8, 4) is 5.75 Å². The van der Waals surface area contributed by atoms with E-state index in [9.17, 15) is 0 Å². The lowest BCUT2D eigenvalue weighted by molar-refractivity contribution is -0.539. The molecule has 0 spiro atoms. The molecule has 0 saturated heterocycles. The van der Waals surface area contributed by atoms with Crippen LogP contribution in [0, 0.1) is 6.92 Å². The molecule has 0 bridgehead atoms. The first-order chi connectivity index (χ1) is 10.7. The molecule has 1 heterocycles. The van der Waals surface area contributed by atoms with Gasteiger partial charge in [0, 0.05) is 22.4 Å². The van der Waals surface area contributed by atoms with Crippen LogP contribution in [0.4, 0.5) is 5.69 Å². The maximum atomic E-state index is 5.40. The van der Waals surface area contributed by atoms with Crippen molar-refractivity contribution in [3.05, 3.63) is 48.0 Å². The molecule has 0 fully saturated rings. The quantitative estimate of drug-likeness (QED) is 0.364. The van der Waals surface area contributed by atoms with Crippen molar-refractivity contribution in [2.24, 2.45) is 0 Å². The number of H-pyrrole nitrogens is 1. The largest absolute Gasteiger partial charge is 1.00 e. The van der Waals surface area contributed by atoms with Crippen molar-refractivity contribution < 1.29 is 34.0 Å². The fraction of sp³-hybridized carbons (Fsp3) is 0.158. The topological polar surface area (TPSA) is 41.6 Å². The van der Waals surface area contributed by atoms with E-state index in [0.29, 0.717) is 0 Å². The van der Waals surface area contributed by atoms with E-state index in [4.69, 9.17) is 4.74 Å². The van der Waals surface area contributed by atoms with Crippen molar-refractivity contribution in [3.63, 3.8) is 0 Å². The van der Waals surface area contributed by atoms with Crippen molar-refractivity contribution in [1.29, 1.82) is 0 Å². The molecule has 4 heteroatoms. The van der Waals surface area contributed by atoms with Crippen LogP contribution in [0.1, 0.15) is 5.56 Å². The summed E-state index contributed by atoms with van der Waals surface area (Å²) in [6, 6.07) is 15.1. The predicted octanol–water partition coefficient (Wildman–Crippen LogP) is 0.620. The van der Waals surface area contributed by atoms with E-state index in [1.54, 1.807) is 7.11 Å². The molecule has 3 aromatic carbocycles. The molecule has 0 radical (unpaired) electrons. The second-order valence-electron chi connectivity index (χ2n) is 5.75. The first-order valence-corrected chi connectivity index (χ1v) is 7.53. The molecule has 0 aliphatic rings. The molecule has 0 amide bonds. The zero-order valence-corrected chi connectivity index (χ0v) is 15.6. The minimum Gasteiger partial charge on any atom is -1.00 e. The number of methoxy groups -OCH3 is 1. The minimum absolute atomic E-state index is 0. The van der Waals surface area contributed by atoms with Gasteiger partial charge in [-0.05, 0) is 59.7 Å². The summed E-state index contributed by atoms with van der Waals surface area (Å²) in [7, 11) is 3.78. The number of ether oxygens (including phenoxy) is 1. The molecule has 4 aromatic rings. The van der Waals surface area contributed by atoms with E-state index >= 15 is 0 Å². The molecule has 1 aromatic heterocycles. The van der Waals surface area contributed by atoms with Gasteiger partial charge in [-0.3, -0.25) is 0 Å². The van der Waals surface area contributed by atoms with Crippen molar-refractivity contribution in [1.82, 2.24) is 4.98 Å². The standard InChI is InChI=1S/C19H18N2O.HI/c1-11-8-12-9-13(20-2)4-6-15(12)18-16-10-14(22-3)5-7-17(16)21-19(11)18;/h4-10,20-21H,1-3H3;1H. The number of nitrogens with one attached hydrogen (secondary N) is 1. The zero-order chi connectivity index (χ0) is 15.3. The van der Waals surface area contributed by atoms with E-state index in [1.165, 1.54) is 38.3 Å². The molecule has 23 heavy (non-hydrogen) atoms. The molecular weight excluding hydrogens is 399 g/mol. The van der Waals surface area contributed by atoms with Crippen molar-refractivity contribution >= 4 is 38.3 Å². The zero-order valence-electron chi connectivity index (χ0n) is 13.4. The second-order valence-corrected chi connectivity index (χ2v) is 5.75. The van der Waals surface area contributed by atoms with Crippen LogP contribution < -0.4 is 34.0 Å². The highest BCUT2D eigenvalue weighted by atomic mass is 127. The Morgan fingerprint density at radius 3 is 2.57 bits per heavy atom. The first kappa shape index (κ1) is 16.1. The number of quaternary nitrogens is 1. The minimum atomic E-state index is 0. The highest BCUT2D eigenvalue weighted by Gasteiger charge is 2.12. The molecular formula is C19H19IN2O. The van der Waals surface area contributed by atoms with Gasteiger partial charge in [0.2, 0.25) is 0 Å². The summed E-state index contributed by atoms with van der Waals surface area (Å²) in [6.45, 7) is 2.16. The normalized spacial score (nSPS) is 11.1. The number of rotatable bonds is 2. The lowest BCUT2D eigenvalue weighted by Crippen LogP contribution is -3.00. The number of benzene rings is 3. The van der Waals surface area contributed by atoms with E-state index in [2.05, 4.69) is 60.7 Å². The Morgan fingerprint density at radius 2 is 1.83 bits per heavy atom. The molecule has 118 valence electrons. The SMILES string of the molecule is C[NH2+]c1ccc2c(c1)cc(C)c1[nH]c3ccc(OC)cc3c12.[I-]. The van der Waals surface area contributed by atoms with Gasteiger partial charge in [-0.2, -0.15) is 0 Å². The number of aromatic amines is 1. The maximum Gasteiger partial charge on any atom is 0.129 e. The van der Waals surface area contributed by atoms with E-state index in [1.807, 2.05) is 6.07 Å². The van der Waals surface area contributed by atoms with E-state index in [0.717, 1.165) is 11.3 Å². The lowest BCUT2D eigenvalue weighted by Gasteiger charge is -2.05. The summed E-state index contributed by atoms with van der Waals surface area (Å²) < 4.78 is 5.40. The Morgan fingerprint density at radius 1 is 1.00 bits per heavy atom. The van der Waals surface area contributed by atoms with Crippen LogP contribution in [0.25, 0.3) is 32.6 Å². The Kier molecular flexibility index (Phi) is 4.21. The van der Waals surface area contributed by atoms with Gasteiger partial charge in [-0.1, -0.05) is 0 Å². The van der Waals surface area contributed by atoms with Crippen molar-refractivity contribution in [2.45, 2.75) is 6.92 Å². The third-order valence-corrected chi connectivity index (χ3v) is 4.45. The molecule has 0 saturated carbocycles. The van der Waals surface area contributed by atoms with Gasteiger partial charge < -0.3 is 39.0 Å². The maximum absolute atomic E-state index is 5.40. The number of fused-ring (bicyclic) bond motifs is 5. The summed E-state index contributed by atoms with van der Waals surface area (Å²) in [5.74, 6) is 0.890. The molecule has 0 atom stereocenters. The van der Waals surface area contributed by atoms with Crippen LogP contribution in [0.15, 0.2) is 42.5 Å². The highest BCUT2D eigenvalue weighted by molar-refractivity contribution is 6.21. The Bertz CT molecular complexity index is 1020. The summed E-state index contributed by atoms with van der Waals surface area (Å²) >= 11 is 0. The molecule has 0 aliphatic carbocycles. The first-order valence-electron chi connectivity index (χ1n) is 7.53. The van der Waals surface area contributed by atoms with Crippen LogP contribution in [0.2, 0.25) is 0 Å². The molecule has 4 rings (SSSR count). The van der Waals surface area contributed by atoms with Crippen LogP contribution in [0.3, 0.4) is 0 Å². The highest BCUT2D eigenvalue weighted by Crippen LogP contribution is 2.36. The predicted molar refractivity (Wildman–Crippen MR) is 92.1 cm³/mol. The number of hydrogen-bond acceptors (Lipinski definition) is 1. The average Bonchev–Trinajstić information content (AvgIpc) is 2.93. The smallest absolute Gasteiger partial charge is 0.129 e. The molecule has 3 N–H and O–H groups in total. The molecule has 0 aliphatic heterocycles. The number of aryl methyl sites for hydroxylation is 1. The monoisotopic (exact) mass is 418 g/mol. The lowest BCUT2D eigenvalue weighted by atomic mass is 10.00. The van der Waals surface area contributed by atoms with Gasteiger partial charge >= 0.3 is 0 Å². The summed E-state index contributed by atoms with van der Waals surface area (Å²) in [4.78, 5) is 3.55. The molecule has 0 unspecified atom stereocenters. The Labute approximate surface area is 152 Å². The number of halogens is 1. The number of nitrogens with two attached hydrogens (primary N) is 1. The van der Waals surface area contributed by atoms with E-state index in [-0.39, 0.29) is 24.0 Å². The van der Waals surface area contributed by atoms with Gasteiger partial charge in [0.15, 0.2) is 0 Å². The Balaban J connectivity index is 0.00000156. The molecule has 3 nitrogen and oxygen atoms in total. The average molecular weight is 418 g/mol.